The van der Waals surface area contributed by atoms with Crippen molar-refractivity contribution in [1.82, 2.24) is 9.62 Å². The van der Waals surface area contributed by atoms with Crippen molar-refractivity contribution in [2.75, 3.05) is 26.0 Å². The van der Waals surface area contributed by atoms with Crippen molar-refractivity contribution in [3.05, 3.63) is 35.9 Å². The van der Waals surface area contributed by atoms with Gasteiger partial charge in [-0.15, -0.1) is 0 Å². The number of carbonyl (C=O) groups is 1. The third kappa shape index (κ3) is 21.4. The number of aryl methyl sites for hydroxylation is 1. The molecule has 0 radical (unpaired) electrons. The van der Waals surface area contributed by atoms with Gasteiger partial charge >= 0.3 is 0 Å². The fraction of sp³-hybridized carbons (Fsp3) is 0.837. The second-order valence-electron chi connectivity index (χ2n) is 15.5. The van der Waals surface area contributed by atoms with E-state index in [1.165, 1.54) is 89.7 Å². The Morgan fingerprint density at radius 3 is 1.75 bits per heavy atom. The third-order valence-electron chi connectivity index (χ3n) is 10.7. The Bertz CT molecular complexity index is 1140. The molecule has 1 aromatic carbocycles. The number of benzene rings is 1. The number of nitrogens with one attached hydrogen (secondary N) is 1. The average molecular weight is 767 g/mol. The summed E-state index contributed by atoms with van der Waals surface area (Å²) in [5.41, 5.74) is 1.25. The molecule has 9 nitrogen and oxygen atoms in total. The number of hydrogen-bond donors (Lipinski definition) is 3. The minimum Gasteiger partial charge on any atom is -0.388 e. The highest BCUT2D eigenvalue weighted by Gasteiger charge is 2.47. The Kier molecular flexibility index (Phi) is 26.7. The van der Waals surface area contributed by atoms with E-state index in [4.69, 9.17) is 9.47 Å². The first-order chi connectivity index (χ1) is 25.7. The molecule has 0 bridgehead atoms. The van der Waals surface area contributed by atoms with Crippen LogP contribution in [0.4, 0.5) is 0 Å². The molecule has 53 heavy (non-hydrogen) atoms. The molecule has 1 saturated heterocycles. The second kappa shape index (κ2) is 29.7. The number of amides is 1. The molecule has 1 aliphatic heterocycles. The van der Waals surface area contributed by atoms with Crippen LogP contribution in [0.25, 0.3) is 0 Å². The smallest absolute Gasteiger partial charge is 0.222 e. The molecule has 1 amide bonds. The molecule has 0 aliphatic carbocycles. The van der Waals surface area contributed by atoms with Crippen LogP contribution in [-0.4, -0.2) is 86.0 Å². The summed E-state index contributed by atoms with van der Waals surface area (Å²) in [6.07, 6.45) is 22.8. The van der Waals surface area contributed by atoms with E-state index in [1.54, 1.807) is 4.90 Å². The van der Waals surface area contributed by atoms with E-state index in [0.717, 1.165) is 70.6 Å². The van der Waals surface area contributed by atoms with Crippen LogP contribution in [0.2, 0.25) is 0 Å². The third-order valence-corrected chi connectivity index (χ3v) is 12.2. The van der Waals surface area contributed by atoms with Gasteiger partial charge in [-0.1, -0.05) is 166 Å². The molecule has 308 valence electrons. The molecular formula is C43H78N2O7S. The van der Waals surface area contributed by atoms with E-state index < -0.39 is 40.7 Å². The van der Waals surface area contributed by atoms with Gasteiger partial charge in [0.2, 0.25) is 15.9 Å². The van der Waals surface area contributed by atoms with Crippen LogP contribution in [-0.2, 0) is 30.7 Å². The molecule has 0 aromatic heterocycles. The first-order valence-corrected chi connectivity index (χ1v) is 23.2. The highest BCUT2D eigenvalue weighted by molar-refractivity contribution is 7.89. The maximum absolute atomic E-state index is 13.6. The number of rotatable bonds is 33. The Morgan fingerprint density at radius 1 is 0.717 bits per heavy atom. The average Bonchev–Trinajstić information content (AvgIpc) is 3.15. The minimum atomic E-state index is -3.74. The van der Waals surface area contributed by atoms with Crippen LogP contribution in [0.15, 0.2) is 30.3 Å². The van der Waals surface area contributed by atoms with Gasteiger partial charge in [0.15, 0.2) is 6.29 Å². The van der Waals surface area contributed by atoms with Crippen molar-refractivity contribution in [2.24, 2.45) is 0 Å². The Balaban J connectivity index is 1.84. The van der Waals surface area contributed by atoms with Gasteiger partial charge in [0.05, 0.1) is 5.75 Å². The van der Waals surface area contributed by atoms with Gasteiger partial charge in [-0.25, -0.2) is 13.1 Å². The number of hydrogen-bond acceptors (Lipinski definition) is 7. The zero-order valence-electron chi connectivity index (χ0n) is 33.9. The van der Waals surface area contributed by atoms with Gasteiger partial charge in [-0.2, -0.15) is 0 Å². The van der Waals surface area contributed by atoms with Gasteiger partial charge in [-0.05, 0) is 37.7 Å². The zero-order chi connectivity index (χ0) is 38.6. The number of nitrogens with zero attached hydrogens (tertiary/aromatic N) is 1. The van der Waals surface area contributed by atoms with Crippen LogP contribution >= 0.6 is 0 Å². The number of ether oxygens (including phenoxy) is 2. The van der Waals surface area contributed by atoms with E-state index >= 15 is 0 Å². The maximum Gasteiger partial charge on any atom is 0.222 e. The minimum absolute atomic E-state index is 0.0143. The van der Waals surface area contributed by atoms with Gasteiger partial charge in [0.1, 0.15) is 24.4 Å². The molecule has 1 aromatic rings. The van der Waals surface area contributed by atoms with Gasteiger partial charge in [0.25, 0.3) is 0 Å². The van der Waals surface area contributed by atoms with Crippen molar-refractivity contribution < 1.29 is 32.9 Å². The quantitative estimate of drug-likeness (QED) is 0.0611. The number of carbonyl (C=O) groups excluding carboxylic acids is 1. The first-order valence-electron chi connectivity index (χ1n) is 21.6. The summed E-state index contributed by atoms with van der Waals surface area (Å²) >= 11 is 0. The van der Waals surface area contributed by atoms with Crippen molar-refractivity contribution in [2.45, 2.75) is 205 Å². The zero-order valence-corrected chi connectivity index (χ0v) is 34.7. The van der Waals surface area contributed by atoms with E-state index in [9.17, 15) is 23.4 Å². The number of unbranched alkanes of at least 4 members (excludes halogenated alkanes) is 20. The van der Waals surface area contributed by atoms with Crippen molar-refractivity contribution in [1.29, 1.82) is 0 Å². The first kappa shape index (κ1) is 47.6. The van der Waals surface area contributed by atoms with E-state index in [2.05, 4.69) is 30.7 Å². The van der Waals surface area contributed by atoms with Gasteiger partial charge in [0, 0.05) is 26.6 Å². The normalized spacial score (nSPS) is 20.5. The molecular weight excluding hydrogens is 689 g/mol. The van der Waals surface area contributed by atoms with Crippen LogP contribution in [0.5, 0.6) is 0 Å². The van der Waals surface area contributed by atoms with E-state index in [0.29, 0.717) is 19.4 Å². The van der Waals surface area contributed by atoms with E-state index in [-0.39, 0.29) is 18.2 Å². The summed E-state index contributed by atoms with van der Waals surface area (Å²) in [4.78, 5) is 15.3. The largest absolute Gasteiger partial charge is 0.388 e. The van der Waals surface area contributed by atoms with E-state index in [1.807, 2.05) is 18.2 Å². The number of sulfonamides is 1. The Labute approximate surface area is 324 Å². The van der Waals surface area contributed by atoms with Crippen LogP contribution < -0.4 is 4.72 Å². The number of aliphatic hydroxyl groups excluding tert-OH is 2. The van der Waals surface area contributed by atoms with Crippen LogP contribution in [0.3, 0.4) is 0 Å². The second-order valence-corrected chi connectivity index (χ2v) is 17.3. The molecule has 1 fully saturated rings. The summed E-state index contributed by atoms with van der Waals surface area (Å²) in [6.45, 7) is 5.01. The summed E-state index contributed by atoms with van der Waals surface area (Å²) in [5, 5.41) is 22.3. The van der Waals surface area contributed by atoms with Crippen molar-refractivity contribution >= 4 is 15.9 Å². The van der Waals surface area contributed by atoms with Crippen molar-refractivity contribution in [3.63, 3.8) is 0 Å². The molecule has 0 unspecified atom stereocenters. The highest BCUT2D eigenvalue weighted by atomic mass is 32.2. The maximum atomic E-state index is 13.6. The molecule has 0 spiro atoms. The van der Waals surface area contributed by atoms with Crippen LogP contribution in [0.1, 0.15) is 174 Å². The number of aliphatic hydroxyl groups is 2. The Morgan fingerprint density at radius 2 is 1.23 bits per heavy atom. The molecule has 1 heterocycles. The lowest BCUT2D eigenvalue weighted by Gasteiger charge is -2.43. The lowest BCUT2D eigenvalue weighted by atomic mass is 9.96. The molecule has 5 atom stereocenters. The predicted molar refractivity (Wildman–Crippen MR) is 217 cm³/mol. The monoisotopic (exact) mass is 767 g/mol. The fourth-order valence-electron chi connectivity index (χ4n) is 7.37. The SMILES string of the molecule is CCCCCCCCCCCCCCCCCC(=O)N(CCCCc1ccccc1)C[C@H]1O[C@H](OC)[C@H](NS(=O)(=O)CCCCCCCC)[C@@H](O)[C@@H]1O. The lowest BCUT2D eigenvalue weighted by Crippen LogP contribution is -2.65. The summed E-state index contributed by atoms with van der Waals surface area (Å²) in [6, 6.07) is 9.12. The van der Waals surface area contributed by atoms with Gasteiger partial charge in [-0.3, -0.25) is 4.79 Å². The number of methoxy groups -OCH3 is 1. The fourth-order valence-corrected chi connectivity index (χ4v) is 8.73. The summed E-state index contributed by atoms with van der Waals surface area (Å²) in [7, 11) is -2.35. The molecule has 2 rings (SSSR count). The Hall–Kier alpha value is -1.56. The molecule has 10 heteroatoms. The lowest BCUT2D eigenvalue weighted by molar-refractivity contribution is -0.256. The standard InChI is InChI=1S/C43H78N2O7S/c1-4-6-8-10-12-13-14-15-16-17-18-19-20-21-26-33-39(46)45(34-28-27-32-37-30-24-23-25-31-37)36-38-41(47)42(48)40(43(51-3)52-38)44-53(49,50)35-29-22-11-9-7-5-2/h23-25,30-31,38,40-44,47-48H,4-22,26-29,32-36H2,1-3H3/t38-,40-,41-,42-,43+/m1/s1. The molecule has 3 N–H and O–H groups in total. The topological polar surface area (TPSA) is 125 Å². The van der Waals surface area contributed by atoms with Crippen molar-refractivity contribution in [3.8, 4) is 0 Å². The summed E-state index contributed by atoms with van der Waals surface area (Å²) in [5.74, 6) is -0.0523. The summed E-state index contributed by atoms with van der Waals surface area (Å²) < 4.78 is 39.9. The highest BCUT2D eigenvalue weighted by Crippen LogP contribution is 2.25. The van der Waals surface area contributed by atoms with Gasteiger partial charge < -0.3 is 24.6 Å². The molecule has 1 aliphatic rings. The molecule has 0 saturated carbocycles. The van der Waals surface area contributed by atoms with Crippen LogP contribution in [0, 0.1) is 0 Å². The predicted octanol–water partition coefficient (Wildman–Crippen LogP) is 8.84.